The average Bonchev–Trinajstić information content (AvgIpc) is 2.82. The summed E-state index contributed by atoms with van der Waals surface area (Å²) in [5.74, 6) is 0.872. The Kier molecular flexibility index (Phi) is 2.29. The molecule has 0 spiro atoms. The number of nitrogens with zero attached hydrogens (tertiary/aromatic N) is 2. The van der Waals surface area contributed by atoms with Crippen molar-refractivity contribution >= 4 is 17.3 Å². The molecule has 0 aliphatic carbocycles. The molecule has 0 amide bonds. The van der Waals surface area contributed by atoms with E-state index in [1.807, 2.05) is 12.1 Å². The highest BCUT2D eigenvalue weighted by Gasteiger charge is 2.17. The topological polar surface area (TPSA) is 51.7 Å². The molecule has 2 heterocycles. The Balaban J connectivity index is 1.81. The number of nitrogens with one attached hydrogen (secondary N) is 3. The Morgan fingerprint density at radius 1 is 1.19 bits per heavy atom. The molecule has 5 nitrogen and oxygen atoms in total. The van der Waals surface area contributed by atoms with Crippen LogP contribution >= 0.6 is 0 Å². The second kappa shape index (κ2) is 3.92. The first-order valence-corrected chi connectivity index (χ1v) is 5.59. The highest BCUT2D eigenvalue weighted by molar-refractivity contribution is 5.84. The number of hydrogen-bond acceptors (Lipinski definition) is 5. The van der Waals surface area contributed by atoms with Gasteiger partial charge in [0, 0.05) is 13.1 Å². The van der Waals surface area contributed by atoms with Gasteiger partial charge in [0.05, 0.1) is 24.5 Å². The molecule has 0 unspecified atom stereocenters. The number of aliphatic imine (C=N–C) groups is 1. The van der Waals surface area contributed by atoms with Crippen molar-refractivity contribution in [3.05, 3.63) is 24.3 Å². The van der Waals surface area contributed by atoms with Gasteiger partial charge in [0.25, 0.3) is 0 Å². The quantitative estimate of drug-likeness (QED) is 0.636. The second-order valence-corrected chi connectivity index (χ2v) is 3.86. The molecule has 0 fully saturated rings. The number of anilines is 2. The predicted molar refractivity (Wildman–Crippen MR) is 65.7 cm³/mol. The lowest BCUT2D eigenvalue weighted by molar-refractivity contribution is 0.741. The lowest BCUT2D eigenvalue weighted by Gasteiger charge is -2.32. The fourth-order valence-electron chi connectivity index (χ4n) is 2.00. The van der Waals surface area contributed by atoms with Crippen molar-refractivity contribution in [2.24, 2.45) is 4.99 Å². The molecule has 1 aromatic rings. The summed E-state index contributed by atoms with van der Waals surface area (Å²) in [4.78, 5) is 4.34. The van der Waals surface area contributed by atoms with Crippen LogP contribution in [0.15, 0.2) is 29.3 Å². The molecule has 84 valence electrons. The van der Waals surface area contributed by atoms with Crippen LogP contribution in [0.4, 0.5) is 11.4 Å². The van der Waals surface area contributed by atoms with Gasteiger partial charge < -0.3 is 10.6 Å². The van der Waals surface area contributed by atoms with Crippen LogP contribution in [0.5, 0.6) is 0 Å². The number of guanidine groups is 1. The Bertz CT molecular complexity index is 415. The Morgan fingerprint density at radius 2 is 2.12 bits per heavy atom. The molecule has 0 bridgehead atoms. The summed E-state index contributed by atoms with van der Waals surface area (Å²) < 4.78 is 0. The lowest BCUT2D eigenvalue weighted by Crippen LogP contribution is -2.50. The van der Waals surface area contributed by atoms with Crippen LogP contribution in [0.1, 0.15) is 0 Å². The summed E-state index contributed by atoms with van der Waals surface area (Å²) in [7, 11) is 0. The van der Waals surface area contributed by atoms with E-state index in [4.69, 9.17) is 0 Å². The van der Waals surface area contributed by atoms with E-state index in [-0.39, 0.29) is 0 Å². The molecule has 0 saturated heterocycles. The highest BCUT2D eigenvalue weighted by Crippen LogP contribution is 2.26. The molecule has 0 aromatic heterocycles. The molecule has 0 radical (unpaired) electrons. The summed E-state index contributed by atoms with van der Waals surface area (Å²) in [6.45, 7) is 3.65. The molecule has 0 atom stereocenters. The molecule has 3 rings (SSSR count). The average molecular weight is 217 g/mol. The van der Waals surface area contributed by atoms with Crippen LogP contribution in [0.3, 0.4) is 0 Å². The number of hydrogen-bond donors (Lipinski definition) is 3. The van der Waals surface area contributed by atoms with Crippen molar-refractivity contribution in [1.29, 1.82) is 0 Å². The third kappa shape index (κ3) is 1.64. The van der Waals surface area contributed by atoms with Gasteiger partial charge in [0.1, 0.15) is 0 Å². The van der Waals surface area contributed by atoms with Gasteiger partial charge in [0.2, 0.25) is 5.96 Å². The first-order valence-electron chi connectivity index (χ1n) is 5.59. The van der Waals surface area contributed by atoms with E-state index in [1.54, 1.807) is 0 Å². The first-order chi connectivity index (χ1) is 7.93. The minimum atomic E-state index is 0.857. The predicted octanol–water partition coefficient (Wildman–Crippen LogP) is 0.382. The second-order valence-electron chi connectivity index (χ2n) is 3.86. The SMILES string of the molecule is c1ccc2c(c1)NCCN2NC1=NCCN1. The summed E-state index contributed by atoms with van der Waals surface area (Å²) in [5, 5.41) is 8.72. The zero-order chi connectivity index (χ0) is 10.8. The molecule has 0 saturated carbocycles. The zero-order valence-electron chi connectivity index (χ0n) is 9.03. The molecule has 16 heavy (non-hydrogen) atoms. The number of fused-ring (bicyclic) bond motifs is 1. The third-order valence-electron chi connectivity index (χ3n) is 2.76. The highest BCUT2D eigenvalue weighted by atomic mass is 15.6. The van der Waals surface area contributed by atoms with E-state index in [2.05, 4.69) is 38.2 Å². The number of benzene rings is 1. The number of hydrazine groups is 1. The Labute approximate surface area is 94.5 Å². The maximum absolute atomic E-state index is 4.34. The van der Waals surface area contributed by atoms with E-state index in [9.17, 15) is 0 Å². The fourth-order valence-corrected chi connectivity index (χ4v) is 2.00. The Morgan fingerprint density at radius 3 is 3.00 bits per heavy atom. The van der Waals surface area contributed by atoms with Crippen LogP contribution in [-0.4, -0.2) is 32.1 Å². The summed E-state index contributed by atoms with van der Waals surface area (Å²) >= 11 is 0. The van der Waals surface area contributed by atoms with E-state index < -0.39 is 0 Å². The van der Waals surface area contributed by atoms with Crippen molar-refractivity contribution < 1.29 is 0 Å². The summed E-state index contributed by atoms with van der Waals surface area (Å²) in [5.41, 5.74) is 5.64. The summed E-state index contributed by atoms with van der Waals surface area (Å²) in [6, 6.07) is 8.28. The van der Waals surface area contributed by atoms with Gasteiger partial charge in [-0.2, -0.15) is 0 Å². The van der Waals surface area contributed by atoms with Gasteiger partial charge in [-0.25, -0.2) is 0 Å². The molecule has 5 heteroatoms. The van der Waals surface area contributed by atoms with Crippen LogP contribution in [-0.2, 0) is 0 Å². The summed E-state index contributed by atoms with van der Waals surface area (Å²) in [6.07, 6.45) is 0. The van der Waals surface area contributed by atoms with E-state index >= 15 is 0 Å². The molecule has 2 aliphatic rings. The van der Waals surface area contributed by atoms with Crippen LogP contribution in [0, 0.1) is 0 Å². The standard InChI is InChI=1S/C11H15N5/c1-2-4-10-9(3-1)12-7-8-16(10)15-11-13-5-6-14-11/h1-4,12H,5-8H2,(H2,13,14,15). The van der Waals surface area contributed by atoms with E-state index in [1.165, 1.54) is 11.4 Å². The van der Waals surface area contributed by atoms with Crippen LogP contribution in [0.25, 0.3) is 0 Å². The smallest absolute Gasteiger partial charge is 0.210 e. The normalized spacial score (nSPS) is 18.2. The van der Waals surface area contributed by atoms with Gasteiger partial charge in [-0.05, 0) is 12.1 Å². The zero-order valence-corrected chi connectivity index (χ0v) is 9.03. The van der Waals surface area contributed by atoms with E-state index in [0.717, 1.165) is 32.1 Å². The van der Waals surface area contributed by atoms with Crippen LogP contribution < -0.4 is 21.1 Å². The first kappa shape index (κ1) is 9.33. The molecule has 1 aromatic carbocycles. The van der Waals surface area contributed by atoms with Crippen molar-refractivity contribution in [3.63, 3.8) is 0 Å². The van der Waals surface area contributed by atoms with Gasteiger partial charge in [-0.1, -0.05) is 12.1 Å². The number of rotatable bonds is 1. The van der Waals surface area contributed by atoms with Gasteiger partial charge in [0.15, 0.2) is 0 Å². The monoisotopic (exact) mass is 217 g/mol. The lowest BCUT2D eigenvalue weighted by atomic mass is 10.2. The molecular weight excluding hydrogens is 202 g/mol. The molecule has 2 aliphatic heterocycles. The maximum atomic E-state index is 4.34. The third-order valence-corrected chi connectivity index (χ3v) is 2.76. The number of para-hydroxylation sites is 2. The molecular formula is C11H15N5. The van der Waals surface area contributed by atoms with Crippen LogP contribution in [0.2, 0.25) is 0 Å². The van der Waals surface area contributed by atoms with Crippen molar-refractivity contribution in [2.45, 2.75) is 0 Å². The van der Waals surface area contributed by atoms with Crippen molar-refractivity contribution in [1.82, 2.24) is 10.7 Å². The minimum absolute atomic E-state index is 0.857. The van der Waals surface area contributed by atoms with Gasteiger partial charge in [-0.3, -0.25) is 15.4 Å². The van der Waals surface area contributed by atoms with Gasteiger partial charge in [-0.15, -0.1) is 0 Å². The minimum Gasteiger partial charge on any atom is -0.381 e. The van der Waals surface area contributed by atoms with E-state index in [0.29, 0.717) is 0 Å². The fraction of sp³-hybridized carbons (Fsp3) is 0.364. The Hall–Kier alpha value is -1.91. The maximum Gasteiger partial charge on any atom is 0.210 e. The van der Waals surface area contributed by atoms with Gasteiger partial charge >= 0.3 is 0 Å². The van der Waals surface area contributed by atoms with Crippen molar-refractivity contribution in [3.8, 4) is 0 Å². The largest absolute Gasteiger partial charge is 0.381 e. The van der Waals surface area contributed by atoms with Crippen molar-refractivity contribution in [2.75, 3.05) is 36.5 Å². The molecule has 3 N–H and O–H groups in total.